The van der Waals surface area contributed by atoms with Gasteiger partial charge in [-0.2, -0.15) is 0 Å². The molecule has 1 aliphatic carbocycles. The molecule has 0 bridgehead atoms. The number of aryl methyl sites for hydroxylation is 3. The molecule has 0 spiro atoms. The number of aromatic amines is 1. The molecule has 1 fully saturated rings. The van der Waals surface area contributed by atoms with Gasteiger partial charge in [0.1, 0.15) is 5.69 Å². The average molecular weight is 328 g/mol. The number of aliphatic hydroxyl groups is 1. The van der Waals surface area contributed by atoms with Crippen molar-refractivity contribution < 1.29 is 9.90 Å². The molecular weight excluding hydrogens is 300 g/mol. The molecular formula is C20H28N2O2. The molecule has 2 N–H and O–H groups in total. The minimum absolute atomic E-state index is 0.00218. The molecule has 1 amide bonds. The normalized spacial score (nSPS) is 16.7. The van der Waals surface area contributed by atoms with Crippen LogP contribution in [0.1, 0.15) is 59.3 Å². The highest BCUT2D eigenvalue weighted by atomic mass is 16.3. The van der Waals surface area contributed by atoms with Gasteiger partial charge in [0.25, 0.3) is 5.91 Å². The lowest BCUT2D eigenvalue weighted by Crippen LogP contribution is -2.34. The van der Waals surface area contributed by atoms with Crippen LogP contribution in [0.25, 0.3) is 10.9 Å². The summed E-state index contributed by atoms with van der Waals surface area (Å²) in [4.78, 5) is 17.9. The Kier molecular flexibility index (Phi) is 4.43. The Morgan fingerprint density at radius 2 is 1.92 bits per heavy atom. The summed E-state index contributed by atoms with van der Waals surface area (Å²) in [6, 6.07) is 4.26. The van der Waals surface area contributed by atoms with Crippen LogP contribution in [0.5, 0.6) is 0 Å². The summed E-state index contributed by atoms with van der Waals surface area (Å²) in [5.41, 5.74) is 4.52. The zero-order chi connectivity index (χ0) is 17.5. The monoisotopic (exact) mass is 328 g/mol. The molecule has 1 aliphatic rings. The minimum atomic E-state index is -0.572. The molecule has 0 radical (unpaired) electrons. The molecule has 3 rings (SSSR count). The van der Waals surface area contributed by atoms with Crippen molar-refractivity contribution in [3.8, 4) is 0 Å². The summed E-state index contributed by atoms with van der Waals surface area (Å²) < 4.78 is 0. The lowest BCUT2D eigenvalue weighted by molar-refractivity contribution is 0.0295. The van der Waals surface area contributed by atoms with E-state index in [1.54, 1.807) is 4.90 Å². The van der Waals surface area contributed by atoms with Crippen LogP contribution in [0.15, 0.2) is 12.1 Å². The number of fused-ring (bicyclic) bond motifs is 1. The summed E-state index contributed by atoms with van der Waals surface area (Å²) in [5, 5.41) is 11.6. The number of carbonyl (C=O) groups is 1. The van der Waals surface area contributed by atoms with Gasteiger partial charge in [0, 0.05) is 24.5 Å². The first-order valence-corrected chi connectivity index (χ1v) is 8.88. The minimum Gasteiger partial charge on any atom is -0.390 e. The number of hydrogen-bond donors (Lipinski definition) is 2. The van der Waals surface area contributed by atoms with Crippen LogP contribution in [-0.4, -0.2) is 40.1 Å². The highest BCUT2D eigenvalue weighted by Crippen LogP contribution is 2.32. The number of hydrogen-bond acceptors (Lipinski definition) is 2. The second-order valence-corrected chi connectivity index (χ2v) is 7.54. The third-order valence-electron chi connectivity index (χ3n) is 5.52. The van der Waals surface area contributed by atoms with E-state index in [0.29, 0.717) is 18.7 Å². The van der Waals surface area contributed by atoms with Crippen molar-refractivity contribution in [2.45, 2.75) is 58.5 Å². The van der Waals surface area contributed by atoms with Crippen LogP contribution in [0.2, 0.25) is 0 Å². The summed E-state index contributed by atoms with van der Waals surface area (Å²) in [5.74, 6) is 0.00218. The highest BCUT2D eigenvalue weighted by molar-refractivity contribution is 6.01. The Balaban J connectivity index is 1.80. The third kappa shape index (κ3) is 3.07. The quantitative estimate of drug-likeness (QED) is 0.895. The third-order valence-corrected chi connectivity index (χ3v) is 5.52. The van der Waals surface area contributed by atoms with Gasteiger partial charge in [0.2, 0.25) is 0 Å². The maximum Gasteiger partial charge on any atom is 0.270 e. The Labute approximate surface area is 143 Å². The van der Waals surface area contributed by atoms with Crippen molar-refractivity contribution in [3.63, 3.8) is 0 Å². The molecule has 1 heterocycles. The second kappa shape index (κ2) is 6.25. The number of nitrogens with one attached hydrogen (secondary N) is 1. The van der Waals surface area contributed by atoms with Crippen molar-refractivity contribution in [2.24, 2.45) is 0 Å². The van der Waals surface area contributed by atoms with Gasteiger partial charge >= 0.3 is 0 Å². The largest absolute Gasteiger partial charge is 0.390 e. The van der Waals surface area contributed by atoms with E-state index in [2.05, 4.69) is 31.0 Å². The standard InChI is InChI=1S/C20H28N2O2/c1-13-11-14(2)17-16(12-13)15(3)18(21-17)19(23)22(4)10-9-20(24)7-5-6-8-20/h11-12,21,24H,5-10H2,1-4H3. The Morgan fingerprint density at radius 1 is 1.25 bits per heavy atom. The zero-order valence-electron chi connectivity index (χ0n) is 15.2. The first kappa shape index (κ1) is 17.0. The number of amides is 1. The smallest absolute Gasteiger partial charge is 0.270 e. The average Bonchev–Trinajstić information content (AvgIpc) is 3.10. The maximum absolute atomic E-state index is 12.9. The molecule has 4 nitrogen and oxygen atoms in total. The van der Waals surface area contributed by atoms with E-state index in [1.165, 1.54) is 5.56 Å². The van der Waals surface area contributed by atoms with Gasteiger partial charge in [-0.1, -0.05) is 24.5 Å². The Morgan fingerprint density at radius 3 is 2.58 bits per heavy atom. The van der Waals surface area contributed by atoms with E-state index in [9.17, 15) is 9.90 Å². The number of carbonyl (C=O) groups excluding carboxylic acids is 1. The first-order valence-electron chi connectivity index (χ1n) is 8.88. The summed E-state index contributed by atoms with van der Waals surface area (Å²) in [7, 11) is 1.82. The molecule has 24 heavy (non-hydrogen) atoms. The maximum atomic E-state index is 12.9. The first-order chi connectivity index (χ1) is 11.3. The molecule has 4 heteroatoms. The molecule has 2 aromatic rings. The number of nitrogens with zero attached hydrogens (tertiary/aromatic N) is 1. The number of rotatable bonds is 4. The fourth-order valence-electron chi connectivity index (χ4n) is 3.95. The summed E-state index contributed by atoms with van der Waals surface area (Å²) in [6.45, 7) is 6.74. The van der Waals surface area contributed by atoms with Gasteiger partial charge in [-0.3, -0.25) is 4.79 Å². The van der Waals surface area contributed by atoms with E-state index >= 15 is 0 Å². The molecule has 0 saturated heterocycles. The van der Waals surface area contributed by atoms with Gasteiger partial charge in [-0.05, 0) is 57.2 Å². The van der Waals surface area contributed by atoms with Gasteiger partial charge in [-0.25, -0.2) is 0 Å². The van der Waals surface area contributed by atoms with Crippen LogP contribution in [0.3, 0.4) is 0 Å². The van der Waals surface area contributed by atoms with Crippen LogP contribution in [0, 0.1) is 20.8 Å². The fraction of sp³-hybridized carbons (Fsp3) is 0.550. The second-order valence-electron chi connectivity index (χ2n) is 7.54. The zero-order valence-corrected chi connectivity index (χ0v) is 15.2. The number of H-pyrrole nitrogens is 1. The lowest BCUT2D eigenvalue weighted by atomic mass is 9.98. The van der Waals surface area contributed by atoms with Crippen LogP contribution >= 0.6 is 0 Å². The van der Waals surface area contributed by atoms with E-state index in [4.69, 9.17) is 0 Å². The predicted octanol–water partition coefficient (Wildman–Crippen LogP) is 3.86. The van der Waals surface area contributed by atoms with Crippen molar-refractivity contribution in [2.75, 3.05) is 13.6 Å². The molecule has 1 saturated carbocycles. The highest BCUT2D eigenvalue weighted by Gasteiger charge is 2.31. The number of aromatic nitrogens is 1. The van der Waals surface area contributed by atoms with Gasteiger partial charge in [0.05, 0.1) is 5.60 Å². The van der Waals surface area contributed by atoms with Gasteiger partial charge in [-0.15, -0.1) is 0 Å². The van der Waals surface area contributed by atoms with Crippen molar-refractivity contribution in [1.82, 2.24) is 9.88 Å². The lowest BCUT2D eigenvalue weighted by Gasteiger charge is -2.25. The van der Waals surface area contributed by atoms with Crippen LogP contribution in [0.4, 0.5) is 0 Å². The predicted molar refractivity (Wildman–Crippen MR) is 97.5 cm³/mol. The van der Waals surface area contributed by atoms with Crippen molar-refractivity contribution in [3.05, 3.63) is 34.5 Å². The topological polar surface area (TPSA) is 56.3 Å². The van der Waals surface area contributed by atoms with Crippen LogP contribution in [-0.2, 0) is 0 Å². The molecule has 0 aliphatic heterocycles. The van der Waals surface area contributed by atoms with Crippen molar-refractivity contribution in [1.29, 1.82) is 0 Å². The molecule has 1 aromatic carbocycles. The fourth-order valence-corrected chi connectivity index (χ4v) is 3.95. The van der Waals surface area contributed by atoms with E-state index < -0.39 is 5.60 Å². The number of benzene rings is 1. The summed E-state index contributed by atoms with van der Waals surface area (Å²) in [6.07, 6.45) is 4.56. The van der Waals surface area contributed by atoms with E-state index in [0.717, 1.165) is 47.7 Å². The molecule has 0 unspecified atom stereocenters. The molecule has 130 valence electrons. The SMILES string of the molecule is Cc1cc(C)c2[nH]c(C(=O)N(C)CCC3(O)CCCC3)c(C)c2c1. The van der Waals surface area contributed by atoms with Crippen LogP contribution < -0.4 is 0 Å². The molecule has 0 atom stereocenters. The van der Waals surface area contributed by atoms with E-state index in [-0.39, 0.29) is 5.91 Å². The van der Waals surface area contributed by atoms with Gasteiger partial charge in [0.15, 0.2) is 0 Å². The van der Waals surface area contributed by atoms with E-state index in [1.807, 2.05) is 14.0 Å². The Hall–Kier alpha value is -1.81. The van der Waals surface area contributed by atoms with Gasteiger partial charge < -0.3 is 15.0 Å². The van der Waals surface area contributed by atoms with Crippen molar-refractivity contribution >= 4 is 16.8 Å². The summed E-state index contributed by atoms with van der Waals surface area (Å²) >= 11 is 0. The molecule has 1 aromatic heterocycles. The Bertz CT molecular complexity index is 770.